The minimum atomic E-state index is 0.690. The quantitative estimate of drug-likeness (QED) is 0.494. The minimum Gasteiger partial charge on any atom is -0.369 e. The van der Waals surface area contributed by atoms with Crippen molar-refractivity contribution in [2.45, 2.75) is 45.1 Å². The summed E-state index contributed by atoms with van der Waals surface area (Å²) in [6.07, 6.45) is 9.51. The fourth-order valence-corrected chi connectivity index (χ4v) is 5.41. The van der Waals surface area contributed by atoms with Crippen molar-refractivity contribution in [2.24, 2.45) is 5.92 Å². The SMILES string of the molecule is N#Cc1ccc(Cc2ncc(CN(CC3CCCCC3)c3ccc(N4CCNCC4)cc3)[nH]2)cc1. The first-order chi connectivity index (χ1) is 17.3. The number of hydrogen-bond donors (Lipinski definition) is 2. The van der Waals surface area contributed by atoms with Gasteiger partial charge in [0.15, 0.2) is 0 Å². The summed E-state index contributed by atoms with van der Waals surface area (Å²) in [5.74, 6) is 1.73. The fraction of sp³-hybridized carbons (Fsp3) is 0.448. The predicted octanol–water partition coefficient (Wildman–Crippen LogP) is 4.87. The number of piperazine rings is 1. The lowest BCUT2D eigenvalue weighted by Crippen LogP contribution is -2.43. The number of hydrogen-bond acceptors (Lipinski definition) is 5. The van der Waals surface area contributed by atoms with Crippen LogP contribution in [-0.2, 0) is 13.0 Å². The summed E-state index contributed by atoms with van der Waals surface area (Å²) < 4.78 is 0. The molecule has 0 bridgehead atoms. The zero-order valence-electron chi connectivity index (χ0n) is 20.5. The van der Waals surface area contributed by atoms with E-state index in [-0.39, 0.29) is 0 Å². The topological polar surface area (TPSA) is 71.0 Å². The van der Waals surface area contributed by atoms with Gasteiger partial charge in [0.2, 0.25) is 0 Å². The maximum atomic E-state index is 9.02. The minimum absolute atomic E-state index is 0.690. The van der Waals surface area contributed by atoms with Gasteiger partial charge < -0.3 is 20.1 Å². The van der Waals surface area contributed by atoms with Gasteiger partial charge in [0.05, 0.1) is 30.1 Å². The van der Waals surface area contributed by atoms with E-state index in [1.54, 1.807) is 0 Å². The summed E-state index contributed by atoms with van der Waals surface area (Å²) in [4.78, 5) is 13.2. The van der Waals surface area contributed by atoms with Gasteiger partial charge in [-0.2, -0.15) is 5.26 Å². The number of anilines is 2. The zero-order valence-corrected chi connectivity index (χ0v) is 20.5. The predicted molar refractivity (Wildman–Crippen MR) is 142 cm³/mol. The molecule has 6 heteroatoms. The number of nitrogens with zero attached hydrogens (tertiary/aromatic N) is 4. The molecule has 1 saturated carbocycles. The van der Waals surface area contributed by atoms with Crippen LogP contribution in [0, 0.1) is 17.2 Å². The van der Waals surface area contributed by atoms with E-state index < -0.39 is 0 Å². The van der Waals surface area contributed by atoms with Crippen LogP contribution in [0.4, 0.5) is 11.4 Å². The van der Waals surface area contributed by atoms with E-state index in [9.17, 15) is 0 Å². The molecule has 1 aromatic heterocycles. The van der Waals surface area contributed by atoms with Gasteiger partial charge in [-0.05, 0) is 60.7 Å². The smallest absolute Gasteiger partial charge is 0.110 e. The van der Waals surface area contributed by atoms with Gasteiger partial charge >= 0.3 is 0 Å². The van der Waals surface area contributed by atoms with Crippen LogP contribution in [0.15, 0.2) is 54.7 Å². The molecule has 0 radical (unpaired) electrons. The first-order valence-electron chi connectivity index (χ1n) is 13.1. The van der Waals surface area contributed by atoms with Crippen LogP contribution in [0.5, 0.6) is 0 Å². The van der Waals surface area contributed by atoms with Crippen LogP contribution < -0.4 is 15.1 Å². The van der Waals surface area contributed by atoms with E-state index in [0.29, 0.717) is 5.56 Å². The first kappa shape index (κ1) is 23.4. The van der Waals surface area contributed by atoms with Crippen molar-refractivity contribution >= 4 is 11.4 Å². The Morgan fingerprint density at radius 2 is 1.71 bits per heavy atom. The van der Waals surface area contributed by atoms with Crippen molar-refractivity contribution in [2.75, 3.05) is 42.5 Å². The van der Waals surface area contributed by atoms with Gasteiger partial charge in [-0.25, -0.2) is 4.98 Å². The molecule has 2 heterocycles. The lowest BCUT2D eigenvalue weighted by molar-refractivity contribution is 0.357. The second-order valence-electron chi connectivity index (χ2n) is 9.98. The summed E-state index contributed by atoms with van der Waals surface area (Å²) in [5, 5.41) is 12.5. The van der Waals surface area contributed by atoms with Gasteiger partial charge in [0, 0.05) is 50.5 Å². The molecule has 3 aromatic rings. The second kappa shape index (κ2) is 11.4. The number of nitrogens with one attached hydrogen (secondary N) is 2. The van der Waals surface area contributed by atoms with Gasteiger partial charge in [0.1, 0.15) is 5.82 Å². The summed E-state index contributed by atoms with van der Waals surface area (Å²) in [6, 6.07) is 19.1. The van der Waals surface area contributed by atoms with E-state index in [0.717, 1.165) is 68.7 Å². The van der Waals surface area contributed by atoms with Crippen LogP contribution in [0.25, 0.3) is 0 Å². The number of rotatable bonds is 8. The highest BCUT2D eigenvalue weighted by Gasteiger charge is 2.19. The van der Waals surface area contributed by atoms with Crippen molar-refractivity contribution < 1.29 is 0 Å². The molecule has 2 aromatic carbocycles. The summed E-state index contributed by atoms with van der Waals surface area (Å²) in [6.45, 7) is 6.18. The normalized spacial score (nSPS) is 16.7. The maximum Gasteiger partial charge on any atom is 0.110 e. The molecular weight excluding hydrogens is 432 g/mol. The van der Waals surface area contributed by atoms with Crippen molar-refractivity contribution in [3.63, 3.8) is 0 Å². The highest BCUT2D eigenvalue weighted by Crippen LogP contribution is 2.29. The average molecular weight is 469 g/mol. The molecule has 35 heavy (non-hydrogen) atoms. The third kappa shape index (κ3) is 6.23. The number of aromatic amines is 1. The molecule has 0 amide bonds. The molecule has 1 aliphatic carbocycles. The van der Waals surface area contributed by atoms with E-state index >= 15 is 0 Å². The molecular formula is C29H36N6. The van der Waals surface area contributed by atoms with Crippen molar-refractivity contribution in [1.82, 2.24) is 15.3 Å². The Morgan fingerprint density at radius 3 is 2.43 bits per heavy atom. The molecule has 182 valence electrons. The number of aromatic nitrogens is 2. The van der Waals surface area contributed by atoms with Crippen LogP contribution >= 0.6 is 0 Å². The van der Waals surface area contributed by atoms with Crippen LogP contribution in [-0.4, -0.2) is 42.7 Å². The van der Waals surface area contributed by atoms with Gasteiger partial charge in [-0.1, -0.05) is 31.4 Å². The van der Waals surface area contributed by atoms with Crippen LogP contribution in [0.1, 0.15) is 54.7 Å². The second-order valence-corrected chi connectivity index (χ2v) is 9.98. The van der Waals surface area contributed by atoms with Crippen LogP contribution in [0.3, 0.4) is 0 Å². The third-order valence-electron chi connectivity index (χ3n) is 7.40. The standard InChI is InChI=1S/C29H36N6/c30-19-24-8-6-23(7-9-24)18-29-32-20-26(33-29)22-35(21-25-4-2-1-3-5-25)28-12-10-27(11-13-28)34-16-14-31-15-17-34/h6-13,20,25,31H,1-5,14-18,21-22H2,(H,32,33). The molecule has 5 rings (SSSR count). The molecule has 0 spiro atoms. The van der Waals surface area contributed by atoms with Crippen molar-refractivity contribution in [3.05, 3.63) is 77.4 Å². The summed E-state index contributed by atoms with van der Waals surface area (Å²) in [5.41, 5.74) is 5.61. The molecule has 1 saturated heterocycles. The van der Waals surface area contributed by atoms with Gasteiger partial charge in [-0.3, -0.25) is 0 Å². The monoisotopic (exact) mass is 468 g/mol. The molecule has 0 atom stereocenters. The Balaban J connectivity index is 1.29. The fourth-order valence-electron chi connectivity index (χ4n) is 5.41. The maximum absolute atomic E-state index is 9.02. The molecule has 2 fully saturated rings. The number of benzene rings is 2. The van der Waals surface area contributed by atoms with Crippen LogP contribution in [0.2, 0.25) is 0 Å². The summed E-state index contributed by atoms with van der Waals surface area (Å²) >= 11 is 0. The van der Waals surface area contributed by atoms with E-state index in [4.69, 9.17) is 5.26 Å². The number of imidazole rings is 1. The average Bonchev–Trinajstić information content (AvgIpc) is 3.36. The van der Waals surface area contributed by atoms with E-state index in [1.165, 1.54) is 43.5 Å². The number of nitriles is 1. The number of H-pyrrole nitrogens is 1. The molecule has 1 aliphatic heterocycles. The Kier molecular flexibility index (Phi) is 7.65. The van der Waals surface area contributed by atoms with E-state index in [2.05, 4.69) is 55.4 Å². The molecule has 2 aliphatic rings. The van der Waals surface area contributed by atoms with Gasteiger partial charge in [-0.15, -0.1) is 0 Å². The van der Waals surface area contributed by atoms with E-state index in [1.807, 2.05) is 30.5 Å². The third-order valence-corrected chi connectivity index (χ3v) is 7.40. The Labute approximate surface area is 209 Å². The Morgan fingerprint density at radius 1 is 0.971 bits per heavy atom. The van der Waals surface area contributed by atoms with Gasteiger partial charge in [0.25, 0.3) is 0 Å². The Bertz CT molecular complexity index is 1100. The highest BCUT2D eigenvalue weighted by molar-refractivity contribution is 5.57. The summed E-state index contributed by atoms with van der Waals surface area (Å²) in [7, 11) is 0. The van der Waals surface area contributed by atoms with Crippen molar-refractivity contribution in [3.8, 4) is 6.07 Å². The Hall–Kier alpha value is -3.30. The molecule has 0 unspecified atom stereocenters. The van der Waals surface area contributed by atoms with Crippen molar-refractivity contribution in [1.29, 1.82) is 5.26 Å². The highest BCUT2D eigenvalue weighted by atomic mass is 15.2. The largest absolute Gasteiger partial charge is 0.369 e. The first-order valence-corrected chi connectivity index (χ1v) is 13.1. The lowest BCUT2D eigenvalue weighted by Gasteiger charge is -2.32. The lowest BCUT2D eigenvalue weighted by atomic mass is 9.89. The molecule has 6 nitrogen and oxygen atoms in total. The zero-order chi connectivity index (χ0) is 23.9. The molecule has 2 N–H and O–H groups in total.